The van der Waals surface area contributed by atoms with Gasteiger partial charge in [0.2, 0.25) is 0 Å². The van der Waals surface area contributed by atoms with E-state index in [1.54, 1.807) is 0 Å². The van der Waals surface area contributed by atoms with Crippen LogP contribution in [0.4, 0.5) is 0 Å². The number of rotatable bonds is 4. The van der Waals surface area contributed by atoms with Gasteiger partial charge in [0.25, 0.3) is 0 Å². The van der Waals surface area contributed by atoms with Crippen LogP contribution in [0.1, 0.15) is 0 Å². The summed E-state index contributed by atoms with van der Waals surface area (Å²) < 4.78 is 19.1. The van der Waals surface area contributed by atoms with E-state index in [-0.39, 0.29) is 0 Å². The molecule has 9 aromatic carbocycles. The quantitative estimate of drug-likeness (QED) is 0.180. The first-order valence-electron chi connectivity index (χ1n) is 19.8. The average molecular weight is 741 g/mol. The minimum Gasteiger partial charge on any atom is -0.454 e. The second-order valence-electron chi connectivity index (χ2n) is 15.2. The van der Waals surface area contributed by atoms with Crippen molar-refractivity contribution in [1.82, 2.24) is 9.13 Å². The van der Waals surface area contributed by atoms with Crippen LogP contribution in [0.2, 0.25) is 0 Å². The summed E-state index contributed by atoms with van der Waals surface area (Å²) in [5.74, 6) is 0. The second-order valence-corrected chi connectivity index (χ2v) is 15.2. The van der Waals surface area contributed by atoms with Crippen LogP contribution < -0.4 is 0 Å². The van der Waals surface area contributed by atoms with Crippen molar-refractivity contribution in [2.75, 3.05) is 0 Å². The smallest absolute Gasteiger partial charge is 0.159 e. The van der Waals surface area contributed by atoms with Crippen molar-refractivity contribution in [1.29, 1.82) is 0 Å². The van der Waals surface area contributed by atoms with Crippen molar-refractivity contribution in [3.05, 3.63) is 194 Å². The molecular formula is C54H32N2O2. The van der Waals surface area contributed by atoms with Crippen molar-refractivity contribution in [3.8, 4) is 33.6 Å². The van der Waals surface area contributed by atoms with Crippen molar-refractivity contribution < 1.29 is 8.83 Å². The van der Waals surface area contributed by atoms with Gasteiger partial charge < -0.3 is 18.0 Å². The molecule has 0 unspecified atom stereocenters. The van der Waals surface area contributed by atoms with Crippen LogP contribution in [0.5, 0.6) is 0 Å². The van der Waals surface area contributed by atoms with Crippen molar-refractivity contribution in [2.45, 2.75) is 0 Å². The molecular weight excluding hydrogens is 709 g/mol. The molecule has 0 spiro atoms. The van der Waals surface area contributed by atoms with Gasteiger partial charge >= 0.3 is 0 Å². The highest BCUT2D eigenvalue weighted by molar-refractivity contribution is 6.25. The number of benzene rings is 9. The molecule has 0 amide bonds. The standard InChI is InChI=1S/C54H32N2O2/c1-2-14-33(15-3-1)34-28-30-35(31-29-34)50-51-41-21-13-27-48(56-45-24-10-6-18-38(45)39-19-7-11-25-46(39)56)53(41)57-49(51)32-42-40-20-12-26-47(52(40)58-54(42)50)55-43-22-8-4-16-36(43)37-17-5-9-23-44(37)55/h1-32H. The number of furan rings is 2. The minimum absolute atomic E-state index is 0.822. The molecule has 13 aromatic rings. The van der Waals surface area contributed by atoms with E-state index in [2.05, 4.69) is 203 Å². The lowest BCUT2D eigenvalue weighted by Gasteiger charge is -2.09. The lowest BCUT2D eigenvalue weighted by atomic mass is 9.94. The summed E-state index contributed by atoms with van der Waals surface area (Å²) >= 11 is 0. The zero-order chi connectivity index (χ0) is 37.9. The summed E-state index contributed by atoms with van der Waals surface area (Å²) in [5, 5.41) is 9.01. The first-order valence-corrected chi connectivity index (χ1v) is 19.8. The monoisotopic (exact) mass is 740 g/mol. The summed E-state index contributed by atoms with van der Waals surface area (Å²) in [6.45, 7) is 0. The first kappa shape index (κ1) is 31.4. The molecule has 0 saturated carbocycles. The summed E-state index contributed by atoms with van der Waals surface area (Å²) in [6, 6.07) is 69.2. The van der Waals surface area contributed by atoms with Gasteiger partial charge in [-0.3, -0.25) is 0 Å². The maximum absolute atomic E-state index is 7.28. The van der Waals surface area contributed by atoms with Gasteiger partial charge in [-0.15, -0.1) is 0 Å². The van der Waals surface area contributed by atoms with Crippen LogP contribution in [-0.2, 0) is 0 Å². The number of hydrogen-bond donors (Lipinski definition) is 0. The molecule has 0 aliphatic heterocycles. The lowest BCUT2D eigenvalue weighted by Crippen LogP contribution is -1.94. The molecule has 0 aliphatic rings. The fourth-order valence-corrected chi connectivity index (χ4v) is 9.63. The van der Waals surface area contributed by atoms with Crippen LogP contribution in [0.3, 0.4) is 0 Å². The summed E-state index contributed by atoms with van der Waals surface area (Å²) in [5.41, 5.74) is 14.4. The Morgan fingerprint density at radius 1 is 0.293 bits per heavy atom. The highest BCUT2D eigenvalue weighted by atomic mass is 16.3. The molecule has 4 heterocycles. The molecule has 58 heavy (non-hydrogen) atoms. The molecule has 4 aromatic heterocycles. The summed E-state index contributed by atoms with van der Waals surface area (Å²) in [6.07, 6.45) is 0. The van der Waals surface area contributed by atoms with E-state index >= 15 is 0 Å². The Hall–Kier alpha value is -7.82. The molecule has 0 atom stereocenters. The third-order valence-corrected chi connectivity index (χ3v) is 12.1. The van der Waals surface area contributed by atoms with Crippen LogP contribution in [0.15, 0.2) is 203 Å². The maximum atomic E-state index is 7.28. The fourth-order valence-electron chi connectivity index (χ4n) is 9.63. The number of nitrogens with zero attached hydrogens (tertiary/aromatic N) is 2. The van der Waals surface area contributed by atoms with Crippen LogP contribution >= 0.6 is 0 Å². The van der Waals surface area contributed by atoms with E-state index in [4.69, 9.17) is 8.83 Å². The van der Waals surface area contributed by atoms with Gasteiger partial charge in [-0.05, 0) is 59.2 Å². The molecule has 0 radical (unpaired) electrons. The number of para-hydroxylation sites is 6. The van der Waals surface area contributed by atoms with Crippen molar-refractivity contribution >= 4 is 87.5 Å². The first-order chi connectivity index (χ1) is 28.8. The van der Waals surface area contributed by atoms with E-state index in [1.807, 2.05) is 0 Å². The summed E-state index contributed by atoms with van der Waals surface area (Å²) in [7, 11) is 0. The number of hydrogen-bond acceptors (Lipinski definition) is 2. The molecule has 0 bridgehead atoms. The Morgan fingerprint density at radius 3 is 1.28 bits per heavy atom. The van der Waals surface area contributed by atoms with Gasteiger partial charge in [0.05, 0.1) is 33.4 Å². The van der Waals surface area contributed by atoms with Gasteiger partial charge in [0, 0.05) is 48.7 Å². The number of aromatic nitrogens is 2. The topological polar surface area (TPSA) is 36.1 Å². The molecule has 4 nitrogen and oxygen atoms in total. The zero-order valence-electron chi connectivity index (χ0n) is 31.2. The van der Waals surface area contributed by atoms with E-state index in [1.165, 1.54) is 27.1 Å². The molecule has 0 N–H and O–H groups in total. The number of fused-ring (bicyclic) bond motifs is 12. The third kappa shape index (κ3) is 4.29. The van der Waals surface area contributed by atoms with Crippen molar-refractivity contribution in [3.63, 3.8) is 0 Å². The molecule has 0 saturated heterocycles. The summed E-state index contributed by atoms with van der Waals surface area (Å²) in [4.78, 5) is 0. The van der Waals surface area contributed by atoms with Gasteiger partial charge in [0.1, 0.15) is 11.2 Å². The van der Waals surface area contributed by atoms with Gasteiger partial charge in [0.15, 0.2) is 11.2 Å². The highest BCUT2D eigenvalue weighted by Gasteiger charge is 2.25. The van der Waals surface area contributed by atoms with Crippen molar-refractivity contribution in [2.24, 2.45) is 0 Å². The normalized spacial score (nSPS) is 12.1. The fraction of sp³-hybridized carbons (Fsp3) is 0. The third-order valence-electron chi connectivity index (χ3n) is 12.1. The lowest BCUT2D eigenvalue weighted by molar-refractivity contribution is 0.662. The Morgan fingerprint density at radius 2 is 0.724 bits per heavy atom. The Bertz CT molecular complexity index is 3550. The van der Waals surface area contributed by atoms with Gasteiger partial charge in [-0.1, -0.05) is 152 Å². The Labute approximate surface area is 332 Å². The largest absolute Gasteiger partial charge is 0.454 e. The zero-order valence-corrected chi connectivity index (χ0v) is 31.2. The molecule has 4 heteroatoms. The van der Waals surface area contributed by atoms with Gasteiger partial charge in [-0.2, -0.15) is 0 Å². The average Bonchev–Trinajstić information content (AvgIpc) is 4.04. The van der Waals surface area contributed by atoms with Crippen LogP contribution in [-0.4, -0.2) is 9.13 Å². The predicted molar refractivity (Wildman–Crippen MR) is 241 cm³/mol. The molecule has 13 rings (SSSR count). The van der Waals surface area contributed by atoms with E-state index in [0.29, 0.717) is 0 Å². The molecule has 0 aliphatic carbocycles. The Balaban J connectivity index is 1.14. The van der Waals surface area contributed by atoms with E-state index < -0.39 is 0 Å². The predicted octanol–water partition coefficient (Wildman–Crippen LogP) is 15.0. The Kier molecular flexibility index (Phi) is 6.41. The van der Waals surface area contributed by atoms with Crippen LogP contribution in [0, 0.1) is 0 Å². The SMILES string of the molecule is c1ccc(-c2ccc(-c3c4oc5c(-n6c7ccccc7c7ccccc76)cccc5c4cc4oc5c(-n6c7ccccc7c7ccccc76)cccc5c34)cc2)cc1. The molecule has 0 fully saturated rings. The minimum atomic E-state index is 0.822. The van der Waals surface area contributed by atoms with Gasteiger partial charge in [-0.25, -0.2) is 0 Å². The van der Waals surface area contributed by atoms with Crippen LogP contribution in [0.25, 0.3) is 121 Å². The highest BCUT2D eigenvalue weighted by Crippen LogP contribution is 2.48. The second kappa shape index (κ2) is 11.8. The van der Waals surface area contributed by atoms with E-state index in [0.717, 1.165) is 94.0 Å². The van der Waals surface area contributed by atoms with E-state index in [9.17, 15) is 0 Å². The molecule has 270 valence electrons. The maximum Gasteiger partial charge on any atom is 0.159 e.